The van der Waals surface area contributed by atoms with Gasteiger partial charge in [-0.3, -0.25) is 4.79 Å². The van der Waals surface area contributed by atoms with Crippen molar-refractivity contribution in [1.82, 2.24) is 0 Å². The lowest BCUT2D eigenvalue weighted by atomic mass is 9.93. The number of methoxy groups -OCH3 is 2. The SMILES string of the molecule is COc1cc(C)c(NC(=O)[C@@H]2CC=CCC2)cc1OC. The molecule has 1 N–H and O–H groups in total. The van der Waals surface area contributed by atoms with Gasteiger partial charge in [0.1, 0.15) is 0 Å². The van der Waals surface area contributed by atoms with Crippen LogP contribution in [0.15, 0.2) is 24.3 Å². The molecule has 1 aliphatic carbocycles. The van der Waals surface area contributed by atoms with Crippen LogP contribution in [-0.4, -0.2) is 20.1 Å². The Hall–Kier alpha value is -1.97. The third-order valence-corrected chi connectivity index (χ3v) is 3.63. The van der Waals surface area contributed by atoms with E-state index in [1.54, 1.807) is 14.2 Å². The number of aryl methyl sites for hydroxylation is 1. The van der Waals surface area contributed by atoms with Gasteiger partial charge in [-0.05, 0) is 37.8 Å². The molecule has 0 radical (unpaired) electrons. The Labute approximate surface area is 119 Å². The third kappa shape index (κ3) is 3.13. The molecule has 0 unspecified atom stereocenters. The molecular formula is C16H21NO3. The normalized spacial score (nSPS) is 17.6. The molecule has 0 bridgehead atoms. The summed E-state index contributed by atoms with van der Waals surface area (Å²) in [6.07, 6.45) is 6.91. The number of amides is 1. The lowest BCUT2D eigenvalue weighted by Gasteiger charge is -2.19. The molecule has 0 aliphatic heterocycles. The number of rotatable bonds is 4. The molecule has 4 nitrogen and oxygen atoms in total. The van der Waals surface area contributed by atoms with E-state index in [1.807, 2.05) is 19.1 Å². The van der Waals surface area contributed by atoms with Gasteiger partial charge in [0.15, 0.2) is 11.5 Å². The van der Waals surface area contributed by atoms with E-state index in [0.29, 0.717) is 11.5 Å². The van der Waals surface area contributed by atoms with Gasteiger partial charge in [-0.25, -0.2) is 0 Å². The van der Waals surface area contributed by atoms with Crippen molar-refractivity contribution in [2.45, 2.75) is 26.2 Å². The summed E-state index contributed by atoms with van der Waals surface area (Å²) in [5, 5.41) is 3.00. The highest BCUT2D eigenvalue weighted by molar-refractivity contribution is 5.93. The maximum Gasteiger partial charge on any atom is 0.227 e. The first-order chi connectivity index (χ1) is 9.65. The highest BCUT2D eigenvalue weighted by atomic mass is 16.5. The topological polar surface area (TPSA) is 47.6 Å². The largest absolute Gasteiger partial charge is 0.493 e. The molecule has 0 heterocycles. The second kappa shape index (κ2) is 6.46. The summed E-state index contributed by atoms with van der Waals surface area (Å²) in [6.45, 7) is 1.94. The fraction of sp³-hybridized carbons (Fsp3) is 0.438. The Morgan fingerprint density at radius 2 is 1.90 bits per heavy atom. The zero-order chi connectivity index (χ0) is 14.5. The summed E-state index contributed by atoms with van der Waals surface area (Å²) in [7, 11) is 3.19. The monoisotopic (exact) mass is 275 g/mol. The van der Waals surface area contributed by atoms with Gasteiger partial charge in [-0.1, -0.05) is 12.2 Å². The van der Waals surface area contributed by atoms with Crippen molar-refractivity contribution in [3.05, 3.63) is 29.8 Å². The summed E-state index contributed by atoms with van der Waals surface area (Å²) in [5.41, 5.74) is 1.74. The van der Waals surface area contributed by atoms with Crippen LogP contribution >= 0.6 is 0 Å². The average Bonchev–Trinajstić information content (AvgIpc) is 2.49. The fourth-order valence-electron chi connectivity index (χ4n) is 2.38. The maximum atomic E-state index is 12.3. The first kappa shape index (κ1) is 14.4. The molecule has 1 aromatic carbocycles. The van der Waals surface area contributed by atoms with Crippen molar-refractivity contribution in [3.63, 3.8) is 0 Å². The van der Waals surface area contributed by atoms with Crippen molar-refractivity contribution in [2.75, 3.05) is 19.5 Å². The van der Waals surface area contributed by atoms with Gasteiger partial charge in [-0.2, -0.15) is 0 Å². The van der Waals surface area contributed by atoms with Gasteiger partial charge in [0.05, 0.1) is 14.2 Å². The molecule has 0 saturated carbocycles. The number of carbonyl (C=O) groups excluding carboxylic acids is 1. The lowest BCUT2D eigenvalue weighted by Crippen LogP contribution is -2.23. The third-order valence-electron chi connectivity index (χ3n) is 3.63. The van der Waals surface area contributed by atoms with Crippen LogP contribution in [0.25, 0.3) is 0 Å². The van der Waals surface area contributed by atoms with E-state index in [9.17, 15) is 4.79 Å². The standard InChI is InChI=1S/C16H21NO3/c1-11-9-14(19-2)15(20-3)10-13(11)17-16(18)12-7-5-4-6-8-12/h4-5,9-10,12H,6-8H2,1-3H3,(H,17,18)/t12-/m1/s1. The zero-order valence-electron chi connectivity index (χ0n) is 12.2. The maximum absolute atomic E-state index is 12.3. The molecule has 4 heteroatoms. The summed E-state index contributed by atoms with van der Waals surface area (Å²) < 4.78 is 10.5. The molecule has 0 spiro atoms. The van der Waals surface area contributed by atoms with Gasteiger partial charge in [0.25, 0.3) is 0 Å². The van der Waals surface area contributed by atoms with E-state index in [0.717, 1.165) is 30.5 Å². The lowest BCUT2D eigenvalue weighted by molar-refractivity contribution is -0.120. The summed E-state index contributed by atoms with van der Waals surface area (Å²) in [4.78, 5) is 12.3. The number of benzene rings is 1. The summed E-state index contributed by atoms with van der Waals surface area (Å²) in [6, 6.07) is 3.68. The molecule has 1 atom stereocenters. The first-order valence-corrected chi connectivity index (χ1v) is 6.84. The molecule has 108 valence electrons. The first-order valence-electron chi connectivity index (χ1n) is 6.84. The van der Waals surface area contributed by atoms with Crippen molar-refractivity contribution in [3.8, 4) is 11.5 Å². The molecule has 2 rings (SSSR count). The van der Waals surface area contributed by atoms with Crippen LogP contribution in [0.5, 0.6) is 11.5 Å². The zero-order valence-corrected chi connectivity index (χ0v) is 12.2. The van der Waals surface area contributed by atoms with E-state index in [2.05, 4.69) is 17.5 Å². The van der Waals surface area contributed by atoms with E-state index < -0.39 is 0 Å². The van der Waals surface area contributed by atoms with E-state index in [4.69, 9.17) is 9.47 Å². The van der Waals surface area contributed by atoms with Gasteiger partial charge >= 0.3 is 0 Å². The smallest absolute Gasteiger partial charge is 0.227 e. The van der Waals surface area contributed by atoms with Crippen molar-refractivity contribution >= 4 is 11.6 Å². The number of hydrogen-bond donors (Lipinski definition) is 1. The molecule has 0 fully saturated rings. The highest BCUT2D eigenvalue weighted by Gasteiger charge is 2.20. The minimum atomic E-state index is 0.0625. The second-order valence-corrected chi connectivity index (χ2v) is 4.99. The van der Waals surface area contributed by atoms with Crippen LogP contribution in [0.1, 0.15) is 24.8 Å². The van der Waals surface area contributed by atoms with Crippen LogP contribution in [0.4, 0.5) is 5.69 Å². The summed E-state index contributed by atoms with van der Waals surface area (Å²) in [5.74, 6) is 1.43. The highest BCUT2D eigenvalue weighted by Crippen LogP contribution is 2.33. The molecule has 0 saturated heterocycles. The number of nitrogens with one attached hydrogen (secondary N) is 1. The predicted molar refractivity (Wildman–Crippen MR) is 79.4 cm³/mol. The van der Waals surface area contributed by atoms with Crippen LogP contribution in [0, 0.1) is 12.8 Å². The minimum absolute atomic E-state index is 0.0625. The second-order valence-electron chi connectivity index (χ2n) is 4.99. The number of ether oxygens (including phenoxy) is 2. The van der Waals surface area contributed by atoms with Crippen LogP contribution < -0.4 is 14.8 Å². The van der Waals surface area contributed by atoms with Crippen LogP contribution in [-0.2, 0) is 4.79 Å². The number of anilines is 1. The Morgan fingerprint density at radius 3 is 2.50 bits per heavy atom. The summed E-state index contributed by atoms with van der Waals surface area (Å²) >= 11 is 0. The number of allylic oxidation sites excluding steroid dienone is 2. The molecule has 20 heavy (non-hydrogen) atoms. The van der Waals surface area contributed by atoms with Crippen molar-refractivity contribution in [2.24, 2.45) is 5.92 Å². The Balaban J connectivity index is 2.16. The van der Waals surface area contributed by atoms with Crippen molar-refractivity contribution in [1.29, 1.82) is 0 Å². The van der Waals surface area contributed by atoms with Gasteiger partial charge in [0.2, 0.25) is 5.91 Å². The minimum Gasteiger partial charge on any atom is -0.493 e. The van der Waals surface area contributed by atoms with E-state index in [-0.39, 0.29) is 11.8 Å². The molecular weight excluding hydrogens is 254 g/mol. The van der Waals surface area contributed by atoms with Crippen LogP contribution in [0.2, 0.25) is 0 Å². The van der Waals surface area contributed by atoms with E-state index in [1.165, 1.54) is 0 Å². The Bertz CT molecular complexity index is 523. The average molecular weight is 275 g/mol. The van der Waals surface area contributed by atoms with E-state index >= 15 is 0 Å². The van der Waals surface area contributed by atoms with Gasteiger partial charge < -0.3 is 14.8 Å². The fourth-order valence-corrected chi connectivity index (χ4v) is 2.38. The van der Waals surface area contributed by atoms with Crippen LogP contribution in [0.3, 0.4) is 0 Å². The quantitative estimate of drug-likeness (QED) is 0.858. The van der Waals surface area contributed by atoms with Gasteiger partial charge in [0, 0.05) is 17.7 Å². The Kier molecular flexibility index (Phi) is 4.66. The predicted octanol–water partition coefficient (Wildman–Crippen LogP) is 3.31. The number of carbonyl (C=O) groups is 1. The molecule has 1 aliphatic rings. The Morgan fingerprint density at radius 1 is 1.20 bits per heavy atom. The molecule has 1 aromatic rings. The molecule has 1 amide bonds. The number of hydrogen-bond acceptors (Lipinski definition) is 3. The van der Waals surface area contributed by atoms with Crippen molar-refractivity contribution < 1.29 is 14.3 Å². The van der Waals surface area contributed by atoms with Gasteiger partial charge in [-0.15, -0.1) is 0 Å². The molecule has 0 aromatic heterocycles.